The van der Waals surface area contributed by atoms with Gasteiger partial charge in [0, 0.05) is 25.7 Å². The van der Waals surface area contributed by atoms with E-state index in [2.05, 4.69) is 0 Å². The van der Waals surface area contributed by atoms with Crippen LogP contribution in [0.15, 0.2) is 24.3 Å². The van der Waals surface area contributed by atoms with Crippen molar-refractivity contribution in [1.82, 2.24) is 14.7 Å². The van der Waals surface area contributed by atoms with E-state index >= 15 is 0 Å². The number of rotatable bonds is 19. The SMILES string of the molecule is CCN(CCN(CC(=O)O)CC(Cc1ccc(OCC(=O)O)cc1)N(CC)CC(=O)O)CC(=O)O.[Eu+3]. The van der Waals surface area contributed by atoms with Gasteiger partial charge in [0.2, 0.25) is 0 Å². The molecule has 200 valence electrons. The molecule has 0 aromatic heterocycles. The molecule has 0 amide bonds. The normalized spacial score (nSPS) is 11.8. The van der Waals surface area contributed by atoms with Gasteiger partial charge in [0.1, 0.15) is 5.75 Å². The molecule has 0 bridgehead atoms. The molecule has 0 spiro atoms. The minimum atomic E-state index is -1.09. The van der Waals surface area contributed by atoms with Gasteiger partial charge in [-0.15, -0.1) is 0 Å². The number of likely N-dealkylation sites (N-methyl/N-ethyl adjacent to an activating group) is 2. The minimum absolute atomic E-state index is 0. The van der Waals surface area contributed by atoms with E-state index in [9.17, 15) is 29.4 Å². The zero-order valence-electron chi connectivity index (χ0n) is 20.5. The number of benzene rings is 1. The molecule has 0 radical (unpaired) electrons. The van der Waals surface area contributed by atoms with Crippen LogP contribution < -0.4 is 4.74 Å². The molecule has 0 saturated carbocycles. The second-order valence-electron chi connectivity index (χ2n) is 8.03. The number of carboxylic acid groups (broad SMARTS) is 4. The molecule has 1 rings (SSSR count). The van der Waals surface area contributed by atoms with E-state index < -0.39 is 30.5 Å². The monoisotopic (exact) mass is 650 g/mol. The average Bonchev–Trinajstić information content (AvgIpc) is 2.78. The Morgan fingerprint density at radius 1 is 0.778 bits per heavy atom. The number of nitrogens with zero attached hydrogens (tertiary/aromatic N) is 3. The Morgan fingerprint density at radius 3 is 1.78 bits per heavy atom. The number of carbonyl (C=O) groups is 4. The molecule has 0 aliphatic carbocycles. The Labute approximate surface area is 251 Å². The van der Waals surface area contributed by atoms with E-state index in [1.54, 1.807) is 39.0 Å². The molecule has 1 atom stereocenters. The maximum atomic E-state index is 11.5. The summed E-state index contributed by atoms with van der Waals surface area (Å²) in [5.41, 5.74) is 0.845. The second kappa shape index (κ2) is 18.6. The predicted octanol–water partition coefficient (Wildman–Crippen LogP) is 0.261. The van der Waals surface area contributed by atoms with Gasteiger partial charge in [0.05, 0.1) is 19.6 Å². The first-order chi connectivity index (χ1) is 16.5. The molecule has 0 heterocycles. The fourth-order valence-electron chi connectivity index (χ4n) is 3.67. The van der Waals surface area contributed by atoms with Gasteiger partial charge in [0.25, 0.3) is 0 Å². The standard InChI is InChI=1S/C23H35N3O9.Eu/c1-3-24(13-20(27)28)9-10-25(14-21(29)30)12-18(26(4-2)15-22(31)32)11-17-5-7-19(8-6-17)35-16-23(33)34;/h5-8,18H,3-4,9-16H2,1-2H3,(H,27,28)(H,29,30)(H,31,32)(H,33,34);/q;+3. The summed E-state index contributed by atoms with van der Waals surface area (Å²) >= 11 is 0. The third-order valence-corrected chi connectivity index (χ3v) is 5.38. The zero-order valence-corrected chi connectivity index (χ0v) is 22.9. The molecular weight excluding hydrogens is 614 g/mol. The Balaban J connectivity index is 0.0000122. The maximum Gasteiger partial charge on any atom is 3.00 e. The van der Waals surface area contributed by atoms with Crippen LogP contribution in [0.5, 0.6) is 5.75 Å². The minimum Gasteiger partial charge on any atom is -0.482 e. The fourth-order valence-corrected chi connectivity index (χ4v) is 3.67. The van der Waals surface area contributed by atoms with Gasteiger partial charge in [-0.2, -0.15) is 0 Å². The molecule has 0 aliphatic rings. The number of aliphatic carboxylic acids is 4. The summed E-state index contributed by atoms with van der Waals surface area (Å²) in [5, 5.41) is 36.6. The van der Waals surface area contributed by atoms with Crippen molar-refractivity contribution in [3.63, 3.8) is 0 Å². The van der Waals surface area contributed by atoms with Crippen LogP contribution >= 0.6 is 0 Å². The zero-order chi connectivity index (χ0) is 26.4. The van der Waals surface area contributed by atoms with E-state index in [0.717, 1.165) is 5.56 Å². The van der Waals surface area contributed by atoms with E-state index in [1.807, 2.05) is 13.8 Å². The van der Waals surface area contributed by atoms with Crippen molar-refractivity contribution in [2.75, 3.05) is 59.0 Å². The van der Waals surface area contributed by atoms with Crippen LogP contribution in [0.25, 0.3) is 0 Å². The van der Waals surface area contributed by atoms with Gasteiger partial charge < -0.3 is 25.2 Å². The summed E-state index contributed by atoms with van der Waals surface area (Å²) in [5.74, 6) is -3.71. The van der Waals surface area contributed by atoms with Crippen molar-refractivity contribution in [2.45, 2.75) is 26.3 Å². The summed E-state index contributed by atoms with van der Waals surface area (Å²) < 4.78 is 5.14. The predicted molar refractivity (Wildman–Crippen MR) is 126 cm³/mol. The molecule has 1 aromatic carbocycles. The van der Waals surface area contributed by atoms with Crippen LogP contribution in [-0.2, 0) is 25.6 Å². The summed E-state index contributed by atoms with van der Waals surface area (Å²) in [7, 11) is 0. The van der Waals surface area contributed by atoms with Gasteiger partial charge >= 0.3 is 73.3 Å². The van der Waals surface area contributed by atoms with Crippen LogP contribution in [0.4, 0.5) is 0 Å². The van der Waals surface area contributed by atoms with Gasteiger partial charge in [0.15, 0.2) is 6.61 Å². The molecule has 1 aromatic rings. The fraction of sp³-hybridized carbons (Fsp3) is 0.565. The first-order valence-electron chi connectivity index (χ1n) is 11.3. The van der Waals surface area contributed by atoms with Crippen molar-refractivity contribution in [3.8, 4) is 5.75 Å². The van der Waals surface area contributed by atoms with E-state index in [-0.39, 0.29) is 81.6 Å². The molecule has 4 N–H and O–H groups in total. The van der Waals surface area contributed by atoms with Gasteiger partial charge in [-0.25, -0.2) is 4.79 Å². The Morgan fingerprint density at radius 2 is 1.31 bits per heavy atom. The van der Waals surface area contributed by atoms with Gasteiger partial charge in [-0.1, -0.05) is 26.0 Å². The third-order valence-electron chi connectivity index (χ3n) is 5.38. The summed E-state index contributed by atoms with van der Waals surface area (Å²) in [6.07, 6.45) is 0.420. The first kappa shape index (κ1) is 34.4. The molecule has 1 unspecified atom stereocenters. The summed E-state index contributed by atoms with van der Waals surface area (Å²) in [6, 6.07) is 6.43. The van der Waals surface area contributed by atoms with Crippen LogP contribution in [0.3, 0.4) is 0 Å². The Kier molecular flexibility index (Phi) is 17.7. The van der Waals surface area contributed by atoms with E-state index in [1.165, 1.54) is 0 Å². The van der Waals surface area contributed by atoms with E-state index in [0.29, 0.717) is 38.3 Å². The van der Waals surface area contributed by atoms with Crippen molar-refractivity contribution in [2.24, 2.45) is 0 Å². The molecule has 0 fully saturated rings. The largest absolute Gasteiger partial charge is 3.00 e. The number of hydrogen-bond donors (Lipinski definition) is 4. The van der Waals surface area contributed by atoms with Crippen LogP contribution in [0.1, 0.15) is 19.4 Å². The topological polar surface area (TPSA) is 168 Å². The molecular formula is C23H35EuN3O9+3. The molecule has 0 aliphatic heterocycles. The van der Waals surface area contributed by atoms with E-state index in [4.69, 9.17) is 14.9 Å². The Bertz CT molecular complexity index is 839. The number of carboxylic acids is 4. The summed E-state index contributed by atoms with van der Waals surface area (Å²) in [4.78, 5) is 49.8. The van der Waals surface area contributed by atoms with Crippen molar-refractivity contribution < 1.29 is 93.7 Å². The quantitative estimate of drug-likeness (QED) is 0.162. The maximum absolute atomic E-state index is 11.5. The molecule has 0 saturated heterocycles. The first-order valence-corrected chi connectivity index (χ1v) is 11.3. The number of hydrogen-bond acceptors (Lipinski definition) is 8. The van der Waals surface area contributed by atoms with Gasteiger partial charge in [-0.3, -0.25) is 29.1 Å². The molecule has 13 heteroatoms. The van der Waals surface area contributed by atoms with Crippen LogP contribution in [0.2, 0.25) is 0 Å². The summed E-state index contributed by atoms with van der Waals surface area (Å²) in [6.45, 7) is 4.37. The smallest absolute Gasteiger partial charge is 0.482 e. The van der Waals surface area contributed by atoms with Crippen molar-refractivity contribution in [1.29, 1.82) is 0 Å². The molecule has 36 heavy (non-hydrogen) atoms. The second-order valence-corrected chi connectivity index (χ2v) is 8.03. The average molecular weight is 650 g/mol. The Hall–Kier alpha value is -1.64. The van der Waals surface area contributed by atoms with Crippen LogP contribution in [0, 0.1) is 49.4 Å². The molecule has 12 nitrogen and oxygen atoms in total. The number of ether oxygens (including phenoxy) is 1. The van der Waals surface area contributed by atoms with Crippen molar-refractivity contribution in [3.05, 3.63) is 29.8 Å². The van der Waals surface area contributed by atoms with Crippen molar-refractivity contribution >= 4 is 23.9 Å². The van der Waals surface area contributed by atoms with Gasteiger partial charge in [-0.05, 0) is 37.2 Å². The van der Waals surface area contributed by atoms with Crippen LogP contribution in [-0.4, -0.2) is 124 Å². The third kappa shape index (κ3) is 14.8.